The first kappa shape index (κ1) is 35.2. The van der Waals surface area contributed by atoms with Crippen LogP contribution in [-0.2, 0) is 5.41 Å². The predicted octanol–water partition coefficient (Wildman–Crippen LogP) is 15.1. The third kappa shape index (κ3) is 5.77. The fourth-order valence-electron chi connectivity index (χ4n) is 9.75. The molecule has 0 aliphatic heterocycles. The van der Waals surface area contributed by atoms with Crippen LogP contribution in [0.4, 0.5) is 0 Å². The molecule has 1 aliphatic rings. The van der Waals surface area contributed by atoms with Crippen LogP contribution in [0.1, 0.15) is 25.0 Å². The van der Waals surface area contributed by atoms with E-state index in [2.05, 4.69) is 195 Å². The quantitative estimate of drug-likeness (QED) is 0.158. The van der Waals surface area contributed by atoms with Crippen molar-refractivity contribution in [3.63, 3.8) is 0 Å². The van der Waals surface area contributed by atoms with Crippen LogP contribution < -0.4 is 0 Å². The van der Waals surface area contributed by atoms with Gasteiger partial charge in [0.25, 0.3) is 0 Å². The molecule has 0 N–H and O–H groups in total. The molecule has 2 aromatic heterocycles. The Labute approximate surface area is 355 Å². The molecule has 3 nitrogen and oxygen atoms in total. The molecule has 2 heterocycles. The van der Waals surface area contributed by atoms with Gasteiger partial charge in [0.15, 0.2) is 5.82 Å². The number of pyridine rings is 1. The lowest BCUT2D eigenvalue weighted by Crippen LogP contribution is -2.14. The van der Waals surface area contributed by atoms with Gasteiger partial charge in [-0.3, -0.25) is 4.98 Å². The number of hydrogen-bond donors (Lipinski definition) is 0. The summed E-state index contributed by atoms with van der Waals surface area (Å²) in [4.78, 5) is 14.7. The van der Waals surface area contributed by atoms with Gasteiger partial charge in [0, 0.05) is 34.5 Å². The van der Waals surface area contributed by atoms with Crippen LogP contribution >= 0.6 is 0 Å². The van der Waals surface area contributed by atoms with E-state index in [1.165, 1.54) is 76.8 Å². The third-order valence-corrected chi connectivity index (χ3v) is 13.0. The topological polar surface area (TPSA) is 38.7 Å². The van der Waals surface area contributed by atoms with Crippen LogP contribution in [0.15, 0.2) is 200 Å². The van der Waals surface area contributed by atoms with Crippen molar-refractivity contribution in [3.8, 4) is 78.4 Å². The van der Waals surface area contributed by atoms with E-state index in [0.717, 1.165) is 39.2 Å². The lowest BCUT2D eigenvalue weighted by molar-refractivity contribution is 0.660. The molecule has 12 rings (SSSR count). The van der Waals surface area contributed by atoms with Crippen molar-refractivity contribution in [2.75, 3.05) is 0 Å². The maximum Gasteiger partial charge on any atom is 0.160 e. The summed E-state index contributed by atoms with van der Waals surface area (Å²) in [6, 6.07) is 68.3. The molecule has 0 spiro atoms. The Hall–Kier alpha value is -7.75. The molecular formula is C58H39N3. The Morgan fingerprint density at radius 2 is 0.852 bits per heavy atom. The SMILES string of the molecule is CC1(C)c2ccccc2-c2ccc(-c3ccc(-c4nc(-c5ccc(-c6ccncc6)cc5)cc(-c5ccc(-c6ccc7ccc8cccc9ccc6c7c89)cc5)n4)cc3)cc21. The van der Waals surface area contributed by atoms with E-state index in [1.54, 1.807) is 0 Å². The van der Waals surface area contributed by atoms with Crippen molar-refractivity contribution in [1.82, 2.24) is 15.0 Å². The zero-order chi connectivity index (χ0) is 40.7. The van der Waals surface area contributed by atoms with E-state index in [0.29, 0.717) is 5.82 Å². The van der Waals surface area contributed by atoms with Gasteiger partial charge in [-0.1, -0.05) is 178 Å². The minimum Gasteiger partial charge on any atom is -0.265 e. The normalized spacial score (nSPS) is 12.9. The molecule has 0 atom stereocenters. The Kier molecular flexibility index (Phi) is 7.88. The second-order valence-corrected chi connectivity index (χ2v) is 16.8. The number of hydrogen-bond acceptors (Lipinski definition) is 3. The zero-order valence-corrected chi connectivity index (χ0v) is 33.9. The van der Waals surface area contributed by atoms with Gasteiger partial charge in [0.05, 0.1) is 11.4 Å². The van der Waals surface area contributed by atoms with E-state index >= 15 is 0 Å². The molecule has 61 heavy (non-hydrogen) atoms. The molecule has 0 bridgehead atoms. The van der Waals surface area contributed by atoms with Crippen molar-refractivity contribution in [1.29, 1.82) is 0 Å². The number of fused-ring (bicyclic) bond motifs is 3. The summed E-state index contributed by atoms with van der Waals surface area (Å²) in [7, 11) is 0. The maximum atomic E-state index is 5.25. The van der Waals surface area contributed by atoms with Crippen molar-refractivity contribution >= 4 is 32.3 Å². The van der Waals surface area contributed by atoms with Gasteiger partial charge in [0.2, 0.25) is 0 Å². The molecule has 0 fully saturated rings. The van der Waals surface area contributed by atoms with Gasteiger partial charge in [-0.2, -0.15) is 0 Å². The lowest BCUT2D eigenvalue weighted by Gasteiger charge is -2.22. The Balaban J connectivity index is 0.925. The van der Waals surface area contributed by atoms with Crippen LogP contribution in [0.2, 0.25) is 0 Å². The first-order valence-corrected chi connectivity index (χ1v) is 21.0. The van der Waals surface area contributed by atoms with Crippen molar-refractivity contribution < 1.29 is 0 Å². The molecule has 0 unspecified atom stereocenters. The Bertz CT molecular complexity index is 3440. The van der Waals surface area contributed by atoms with E-state index < -0.39 is 0 Å². The summed E-state index contributed by atoms with van der Waals surface area (Å²) in [5.74, 6) is 0.693. The second kappa shape index (κ2) is 13.7. The van der Waals surface area contributed by atoms with Crippen LogP contribution in [0.5, 0.6) is 0 Å². The smallest absolute Gasteiger partial charge is 0.160 e. The fourth-order valence-corrected chi connectivity index (χ4v) is 9.75. The summed E-state index contributed by atoms with van der Waals surface area (Å²) in [6.45, 7) is 4.67. The monoisotopic (exact) mass is 777 g/mol. The van der Waals surface area contributed by atoms with Gasteiger partial charge in [-0.25, -0.2) is 9.97 Å². The molecule has 0 saturated heterocycles. The van der Waals surface area contributed by atoms with E-state index in [1.807, 2.05) is 24.5 Å². The first-order chi connectivity index (χ1) is 30.0. The Morgan fingerprint density at radius 1 is 0.344 bits per heavy atom. The van der Waals surface area contributed by atoms with Gasteiger partial charge in [-0.05, 0) is 112 Å². The highest BCUT2D eigenvalue weighted by Crippen LogP contribution is 2.49. The minimum absolute atomic E-state index is 0.0524. The van der Waals surface area contributed by atoms with Crippen molar-refractivity contribution in [3.05, 3.63) is 212 Å². The molecule has 286 valence electrons. The Morgan fingerprint density at radius 3 is 1.56 bits per heavy atom. The highest BCUT2D eigenvalue weighted by Gasteiger charge is 2.35. The largest absolute Gasteiger partial charge is 0.265 e. The number of benzene rings is 9. The van der Waals surface area contributed by atoms with Gasteiger partial charge >= 0.3 is 0 Å². The lowest BCUT2D eigenvalue weighted by atomic mass is 9.81. The molecule has 3 heteroatoms. The predicted molar refractivity (Wildman–Crippen MR) is 254 cm³/mol. The highest BCUT2D eigenvalue weighted by atomic mass is 14.9. The number of rotatable bonds is 6. The van der Waals surface area contributed by atoms with E-state index in [9.17, 15) is 0 Å². The van der Waals surface area contributed by atoms with Crippen LogP contribution in [0.3, 0.4) is 0 Å². The van der Waals surface area contributed by atoms with Gasteiger partial charge < -0.3 is 0 Å². The zero-order valence-electron chi connectivity index (χ0n) is 33.9. The summed E-state index contributed by atoms with van der Waals surface area (Å²) in [5.41, 5.74) is 17.2. The maximum absolute atomic E-state index is 5.25. The van der Waals surface area contributed by atoms with E-state index in [-0.39, 0.29) is 5.41 Å². The van der Waals surface area contributed by atoms with Crippen molar-refractivity contribution in [2.45, 2.75) is 19.3 Å². The first-order valence-electron chi connectivity index (χ1n) is 21.0. The molecular weight excluding hydrogens is 739 g/mol. The molecule has 9 aromatic carbocycles. The molecule has 0 radical (unpaired) electrons. The van der Waals surface area contributed by atoms with Crippen LogP contribution in [-0.4, -0.2) is 15.0 Å². The van der Waals surface area contributed by atoms with Gasteiger partial charge in [0.1, 0.15) is 0 Å². The van der Waals surface area contributed by atoms with Gasteiger partial charge in [-0.15, -0.1) is 0 Å². The average molecular weight is 778 g/mol. The summed E-state index contributed by atoms with van der Waals surface area (Å²) in [5, 5.41) is 7.76. The third-order valence-electron chi connectivity index (χ3n) is 13.0. The molecule has 0 amide bonds. The second-order valence-electron chi connectivity index (χ2n) is 16.8. The molecule has 0 saturated carbocycles. The van der Waals surface area contributed by atoms with Crippen molar-refractivity contribution in [2.24, 2.45) is 0 Å². The number of aromatic nitrogens is 3. The summed E-state index contributed by atoms with van der Waals surface area (Å²) in [6.07, 6.45) is 3.66. The average Bonchev–Trinajstić information content (AvgIpc) is 3.56. The minimum atomic E-state index is -0.0524. The summed E-state index contributed by atoms with van der Waals surface area (Å²) >= 11 is 0. The number of nitrogens with zero attached hydrogens (tertiary/aromatic N) is 3. The summed E-state index contributed by atoms with van der Waals surface area (Å²) < 4.78 is 0. The standard InChI is InChI=1S/C58H39N3/c1-58(2)51-9-4-3-8-48(51)49-28-26-46(34-52(49)58)37-12-22-45(23-13-37)57-60-53(40-16-10-36(11-17-40)38-30-32-59-33-31-38)35-54(61-57)41-18-14-39(15-19-41)47-27-24-44-21-20-42-6-5-7-43-25-29-50(47)56(44)55(42)43/h3-35H,1-2H3. The van der Waals surface area contributed by atoms with Crippen LogP contribution in [0, 0.1) is 0 Å². The fraction of sp³-hybridized carbons (Fsp3) is 0.0517. The van der Waals surface area contributed by atoms with Crippen LogP contribution in [0.25, 0.3) is 111 Å². The molecule has 11 aromatic rings. The molecule has 1 aliphatic carbocycles. The van der Waals surface area contributed by atoms with E-state index in [4.69, 9.17) is 9.97 Å². The highest BCUT2D eigenvalue weighted by molar-refractivity contribution is 6.25.